The third-order valence-electron chi connectivity index (χ3n) is 3.78. The second-order valence-corrected chi connectivity index (χ2v) is 6.15. The highest BCUT2D eigenvalue weighted by Gasteiger charge is 2.19. The van der Waals surface area contributed by atoms with E-state index in [-0.39, 0.29) is 0 Å². The minimum Gasteiger partial charge on any atom is -0.316 e. The van der Waals surface area contributed by atoms with E-state index in [1.165, 1.54) is 51.2 Å². The summed E-state index contributed by atoms with van der Waals surface area (Å²) in [5.41, 5.74) is 0. The van der Waals surface area contributed by atoms with Crippen LogP contribution < -0.4 is 5.32 Å². The first-order valence-electron chi connectivity index (χ1n) is 6.62. The first-order chi connectivity index (χ1) is 7.74. The van der Waals surface area contributed by atoms with Gasteiger partial charge in [-0.1, -0.05) is 6.92 Å². The molecule has 96 valence electrons. The van der Waals surface area contributed by atoms with Crippen LogP contribution in [0.2, 0.25) is 0 Å². The van der Waals surface area contributed by atoms with Crippen molar-refractivity contribution in [2.75, 3.05) is 45.2 Å². The largest absolute Gasteiger partial charge is 0.316 e. The molecule has 0 radical (unpaired) electrons. The van der Waals surface area contributed by atoms with E-state index >= 15 is 0 Å². The third kappa shape index (κ3) is 5.55. The summed E-state index contributed by atoms with van der Waals surface area (Å²) in [7, 11) is 2.25. The van der Waals surface area contributed by atoms with E-state index in [1.807, 2.05) is 11.8 Å². The predicted molar refractivity (Wildman–Crippen MR) is 75.3 cm³/mol. The fourth-order valence-electron chi connectivity index (χ4n) is 2.38. The van der Waals surface area contributed by atoms with Crippen molar-refractivity contribution in [3.63, 3.8) is 0 Å². The third-order valence-corrected chi connectivity index (χ3v) is 4.37. The van der Waals surface area contributed by atoms with Crippen LogP contribution in [0.4, 0.5) is 0 Å². The number of hydrogen-bond acceptors (Lipinski definition) is 3. The summed E-state index contributed by atoms with van der Waals surface area (Å²) in [5.74, 6) is 3.06. The average Bonchev–Trinajstić information content (AvgIpc) is 2.34. The summed E-state index contributed by atoms with van der Waals surface area (Å²) in [6, 6.07) is 0. The van der Waals surface area contributed by atoms with Crippen molar-refractivity contribution >= 4 is 11.8 Å². The van der Waals surface area contributed by atoms with E-state index < -0.39 is 0 Å². The van der Waals surface area contributed by atoms with Gasteiger partial charge in [0.2, 0.25) is 0 Å². The average molecular weight is 244 g/mol. The molecule has 0 aromatic carbocycles. The zero-order valence-corrected chi connectivity index (χ0v) is 12.0. The van der Waals surface area contributed by atoms with Crippen LogP contribution in [0.25, 0.3) is 0 Å². The summed E-state index contributed by atoms with van der Waals surface area (Å²) in [6.07, 6.45) is 6.35. The Morgan fingerprint density at radius 3 is 2.88 bits per heavy atom. The van der Waals surface area contributed by atoms with E-state index in [9.17, 15) is 0 Å². The summed E-state index contributed by atoms with van der Waals surface area (Å²) in [4.78, 5) is 2.48. The second-order valence-electron chi connectivity index (χ2n) is 5.17. The van der Waals surface area contributed by atoms with Crippen molar-refractivity contribution in [2.24, 2.45) is 11.8 Å². The zero-order valence-electron chi connectivity index (χ0n) is 11.2. The Labute approximate surface area is 106 Å². The van der Waals surface area contributed by atoms with Gasteiger partial charge in [-0.3, -0.25) is 0 Å². The van der Waals surface area contributed by atoms with Crippen molar-refractivity contribution in [1.82, 2.24) is 10.2 Å². The van der Waals surface area contributed by atoms with E-state index in [0.29, 0.717) is 0 Å². The number of thioether (sulfide) groups is 1. The van der Waals surface area contributed by atoms with Crippen molar-refractivity contribution in [3.8, 4) is 0 Å². The van der Waals surface area contributed by atoms with Crippen LogP contribution >= 0.6 is 11.8 Å². The quantitative estimate of drug-likeness (QED) is 0.740. The first kappa shape index (κ1) is 14.3. The molecular weight excluding hydrogens is 216 g/mol. The number of nitrogens with one attached hydrogen (secondary N) is 1. The number of hydrogen-bond donors (Lipinski definition) is 1. The van der Waals surface area contributed by atoms with Crippen LogP contribution in [0, 0.1) is 11.8 Å². The fourth-order valence-corrected chi connectivity index (χ4v) is 2.88. The molecular formula is C13H28N2S. The number of nitrogens with zero attached hydrogens (tertiary/aromatic N) is 1. The molecule has 1 rings (SSSR count). The van der Waals surface area contributed by atoms with E-state index in [0.717, 1.165) is 11.8 Å². The molecule has 1 heterocycles. The lowest BCUT2D eigenvalue weighted by Gasteiger charge is -2.29. The lowest BCUT2D eigenvalue weighted by Crippen LogP contribution is -2.34. The predicted octanol–water partition coefficient (Wildman–Crippen LogP) is 2.31. The van der Waals surface area contributed by atoms with Gasteiger partial charge in [-0.2, -0.15) is 11.8 Å². The van der Waals surface area contributed by atoms with E-state index in [2.05, 4.69) is 30.4 Å². The molecule has 0 aromatic heterocycles. The number of rotatable bonds is 7. The molecule has 0 bridgehead atoms. The van der Waals surface area contributed by atoms with Crippen molar-refractivity contribution in [3.05, 3.63) is 0 Å². The van der Waals surface area contributed by atoms with Gasteiger partial charge in [-0.15, -0.1) is 0 Å². The van der Waals surface area contributed by atoms with Gasteiger partial charge in [-0.05, 0) is 64.0 Å². The maximum Gasteiger partial charge on any atom is 0.00692 e. The Balaban J connectivity index is 2.10. The van der Waals surface area contributed by atoms with Crippen LogP contribution in [0.3, 0.4) is 0 Å². The normalized spacial score (nSPS) is 23.6. The van der Waals surface area contributed by atoms with Crippen molar-refractivity contribution < 1.29 is 0 Å². The van der Waals surface area contributed by atoms with Gasteiger partial charge in [0.15, 0.2) is 0 Å². The second kappa shape index (κ2) is 8.37. The smallest absolute Gasteiger partial charge is 0.00692 e. The molecule has 1 aliphatic heterocycles. The molecule has 0 aromatic rings. The van der Waals surface area contributed by atoms with Crippen LogP contribution in [0.1, 0.15) is 26.2 Å². The van der Waals surface area contributed by atoms with Crippen LogP contribution in [0.15, 0.2) is 0 Å². The van der Waals surface area contributed by atoms with Crippen molar-refractivity contribution in [2.45, 2.75) is 26.2 Å². The highest BCUT2D eigenvalue weighted by molar-refractivity contribution is 7.98. The van der Waals surface area contributed by atoms with Gasteiger partial charge >= 0.3 is 0 Å². The Morgan fingerprint density at radius 1 is 1.44 bits per heavy atom. The molecule has 1 saturated heterocycles. The maximum absolute atomic E-state index is 3.52. The Morgan fingerprint density at radius 2 is 2.25 bits per heavy atom. The van der Waals surface area contributed by atoms with Crippen LogP contribution in [0.5, 0.6) is 0 Å². The molecule has 0 amide bonds. The molecule has 0 saturated carbocycles. The highest BCUT2D eigenvalue weighted by atomic mass is 32.2. The molecule has 16 heavy (non-hydrogen) atoms. The minimum absolute atomic E-state index is 0.879. The molecule has 1 fully saturated rings. The van der Waals surface area contributed by atoms with Gasteiger partial charge in [0.1, 0.15) is 0 Å². The molecule has 2 unspecified atom stereocenters. The van der Waals surface area contributed by atoms with Gasteiger partial charge in [0.05, 0.1) is 0 Å². The molecule has 1 aliphatic rings. The summed E-state index contributed by atoms with van der Waals surface area (Å²) in [5, 5.41) is 3.52. The van der Waals surface area contributed by atoms with E-state index in [1.54, 1.807) is 0 Å². The van der Waals surface area contributed by atoms with Gasteiger partial charge in [0.25, 0.3) is 0 Å². The fraction of sp³-hybridized carbons (Fsp3) is 1.00. The maximum atomic E-state index is 3.52. The molecule has 0 spiro atoms. The highest BCUT2D eigenvalue weighted by Crippen LogP contribution is 2.22. The Bertz CT molecular complexity index is 169. The first-order valence-corrected chi connectivity index (χ1v) is 8.01. The molecule has 2 nitrogen and oxygen atoms in total. The van der Waals surface area contributed by atoms with Crippen LogP contribution in [-0.2, 0) is 0 Å². The standard InChI is InChI=1S/C13H28N2S/c1-12(13-5-4-7-14-11-13)6-8-15(2)9-10-16-3/h12-14H,4-11H2,1-3H3. The van der Waals surface area contributed by atoms with Gasteiger partial charge in [-0.25, -0.2) is 0 Å². The van der Waals surface area contributed by atoms with Gasteiger partial charge in [0, 0.05) is 12.3 Å². The lowest BCUT2D eigenvalue weighted by molar-refractivity contribution is 0.237. The molecule has 1 N–H and O–H groups in total. The summed E-state index contributed by atoms with van der Waals surface area (Å²) in [6.45, 7) is 7.40. The topological polar surface area (TPSA) is 15.3 Å². The van der Waals surface area contributed by atoms with Crippen LogP contribution in [-0.4, -0.2) is 50.1 Å². The lowest BCUT2D eigenvalue weighted by atomic mass is 9.85. The Kier molecular flexibility index (Phi) is 7.50. The summed E-state index contributed by atoms with van der Waals surface area (Å²) >= 11 is 1.94. The zero-order chi connectivity index (χ0) is 11.8. The molecule has 0 aliphatic carbocycles. The summed E-state index contributed by atoms with van der Waals surface area (Å²) < 4.78 is 0. The number of piperidine rings is 1. The minimum atomic E-state index is 0.879. The van der Waals surface area contributed by atoms with E-state index in [4.69, 9.17) is 0 Å². The SMILES string of the molecule is CSCCN(C)CCC(C)C1CCCNC1. The van der Waals surface area contributed by atoms with Gasteiger partial charge < -0.3 is 10.2 Å². The monoisotopic (exact) mass is 244 g/mol. The Hall–Kier alpha value is 0.270. The molecule has 3 heteroatoms. The van der Waals surface area contributed by atoms with Crippen molar-refractivity contribution in [1.29, 1.82) is 0 Å². The molecule has 2 atom stereocenters.